The molecule has 1 atom stereocenters. The van der Waals surface area contributed by atoms with Crippen LogP contribution in [0.3, 0.4) is 0 Å². The number of carbonyl (C=O) groups is 1. The molecule has 3 aromatic rings. The molecule has 0 spiro atoms. The first-order valence-electron chi connectivity index (χ1n) is 8.86. The maximum Gasteiger partial charge on any atom is 0.267 e. The number of nitrogens with zero attached hydrogens (tertiary/aromatic N) is 1. The van der Waals surface area contributed by atoms with Crippen LogP contribution in [0.2, 0.25) is 0 Å². The Bertz CT molecular complexity index is 1170. The van der Waals surface area contributed by atoms with Gasteiger partial charge in [0, 0.05) is 11.1 Å². The van der Waals surface area contributed by atoms with E-state index < -0.39 is 22.0 Å². The van der Waals surface area contributed by atoms with Crippen LogP contribution in [-0.4, -0.2) is 33.2 Å². The van der Waals surface area contributed by atoms with Gasteiger partial charge in [0.25, 0.3) is 5.91 Å². The quantitative estimate of drug-likeness (QED) is 0.737. The monoisotopic (exact) mass is 396 g/mol. The molecule has 1 N–H and O–H groups in total. The zero-order valence-corrected chi connectivity index (χ0v) is 16.4. The zero-order valence-electron chi connectivity index (χ0n) is 15.5. The fraction of sp³-hybridized carbons (Fsp3) is 0.190. The molecule has 0 aromatic heterocycles. The molecule has 3 aromatic carbocycles. The Balaban J connectivity index is 1.66. The number of aryl methyl sites for hydroxylation is 1. The van der Waals surface area contributed by atoms with Gasteiger partial charge in [-0.3, -0.25) is 9.10 Å². The zero-order chi connectivity index (χ0) is 19.9. The summed E-state index contributed by atoms with van der Waals surface area (Å²) in [6, 6.07) is 18.6. The molecule has 1 unspecified atom stereocenters. The Labute approximate surface area is 163 Å². The van der Waals surface area contributed by atoms with Gasteiger partial charge in [-0.2, -0.15) is 0 Å². The lowest BCUT2D eigenvalue weighted by Crippen LogP contribution is -2.48. The molecular formula is C21H20N2O4S. The summed E-state index contributed by atoms with van der Waals surface area (Å²) >= 11 is 0. The molecule has 0 bridgehead atoms. The minimum absolute atomic E-state index is 0.0775. The van der Waals surface area contributed by atoms with E-state index in [0.717, 1.165) is 22.6 Å². The van der Waals surface area contributed by atoms with E-state index in [9.17, 15) is 13.2 Å². The highest BCUT2D eigenvalue weighted by atomic mass is 32.2. The first-order chi connectivity index (χ1) is 13.3. The molecule has 0 radical (unpaired) electrons. The van der Waals surface area contributed by atoms with Gasteiger partial charge in [0.1, 0.15) is 5.75 Å². The van der Waals surface area contributed by atoms with Gasteiger partial charge in [-0.05, 0) is 36.1 Å². The number of sulfonamides is 1. The van der Waals surface area contributed by atoms with E-state index in [1.54, 1.807) is 12.1 Å². The van der Waals surface area contributed by atoms with Crippen molar-refractivity contribution in [2.45, 2.75) is 13.0 Å². The molecule has 0 saturated heterocycles. The molecule has 0 saturated carbocycles. The third-order valence-electron chi connectivity index (χ3n) is 4.72. The Morgan fingerprint density at radius 2 is 1.86 bits per heavy atom. The first-order valence-corrected chi connectivity index (χ1v) is 10.7. The van der Waals surface area contributed by atoms with Gasteiger partial charge < -0.3 is 10.1 Å². The second-order valence-electron chi connectivity index (χ2n) is 6.89. The number of ether oxygens (including phenoxy) is 1. The van der Waals surface area contributed by atoms with Crippen LogP contribution in [0.1, 0.15) is 5.56 Å². The highest BCUT2D eigenvalue weighted by Crippen LogP contribution is 2.36. The third kappa shape index (κ3) is 3.41. The Hall–Kier alpha value is -3.06. The topological polar surface area (TPSA) is 75.7 Å². The summed E-state index contributed by atoms with van der Waals surface area (Å²) in [7, 11) is -3.56. The minimum Gasteiger partial charge on any atom is -0.476 e. The van der Waals surface area contributed by atoms with Crippen molar-refractivity contribution in [3.05, 3.63) is 66.2 Å². The first kappa shape index (κ1) is 18.3. The van der Waals surface area contributed by atoms with Crippen LogP contribution in [0, 0.1) is 6.92 Å². The minimum atomic E-state index is -3.56. The van der Waals surface area contributed by atoms with Crippen molar-refractivity contribution in [3.63, 3.8) is 0 Å². The summed E-state index contributed by atoms with van der Waals surface area (Å²) in [6.45, 7) is 1.80. The van der Waals surface area contributed by atoms with Gasteiger partial charge in [-0.15, -0.1) is 0 Å². The van der Waals surface area contributed by atoms with E-state index in [1.165, 1.54) is 4.31 Å². The van der Waals surface area contributed by atoms with E-state index in [4.69, 9.17) is 4.74 Å². The smallest absolute Gasteiger partial charge is 0.267 e. The SMILES string of the molecule is Cc1ccc2c(c1)N(S(C)(=O)=O)CC(C(=O)Nc1cccc3ccccc13)O2. The Morgan fingerprint density at radius 3 is 2.64 bits per heavy atom. The van der Waals surface area contributed by atoms with Crippen molar-refractivity contribution in [2.24, 2.45) is 0 Å². The number of benzene rings is 3. The standard InChI is InChI=1S/C21H20N2O4S/c1-14-10-11-19-18(12-14)23(28(2,25)26)13-20(27-19)21(24)22-17-9-5-7-15-6-3-4-8-16(15)17/h3-12,20H,13H2,1-2H3,(H,22,24). The number of anilines is 2. The number of hydrogen-bond donors (Lipinski definition) is 1. The van der Waals surface area contributed by atoms with Crippen molar-refractivity contribution in [3.8, 4) is 5.75 Å². The molecule has 7 heteroatoms. The Kier molecular flexibility index (Phi) is 4.47. The maximum atomic E-state index is 12.9. The summed E-state index contributed by atoms with van der Waals surface area (Å²) in [5, 5.41) is 4.79. The van der Waals surface area contributed by atoms with Crippen molar-refractivity contribution >= 4 is 38.1 Å². The number of amides is 1. The highest BCUT2D eigenvalue weighted by molar-refractivity contribution is 7.92. The average molecular weight is 396 g/mol. The summed E-state index contributed by atoms with van der Waals surface area (Å²) in [6.07, 6.45) is 0.174. The van der Waals surface area contributed by atoms with Crippen LogP contribution < -0.4 is 14.4 Å². The fourth-order valence-corrected chi connectivity index (χ4v) is 4.27. The molecular weight excluding hydrogens is 376 g/mol. The molecule has 1 heterocycles. The van der Waals surface area contributed by atoms with Crippen molar-refractivity contribution in [1.29, 1.82) is 0 Å². The summed E-state index contributed by atoms with van der Waals surface area (Å²) in [4.78, 5) is 12.9. The van der Waals surface area contributed by atoms with Crippen LogP contribution in [-0.2, 0) is 14.8 Å². The normalized spacial score (nSPS) is 16.4. The number of nitrogens with one attached hydrogen (secondary N) is 1. The fourth-order valence-electron chi connectivity index (χ4n) is 3.36. The van der Waals surface area contributed by atoms with Crippen LogP contribution >= 0.6 is 0 Å². The molecule has 1 aliphatic rings. The molecule has 6 nitrogen and oxygen atoms in total. The molecule has 1 aliphatic heterocycles. The lowest BCUT2D eigenvalue weighted by molar-refractivity contribution is -0.122. The predicted molar refractivity (Wildman–Crippen MR) is 110 cm³/mol. The van der Waals surface area contributed by atoms with E-state index in [-0.39, 0.29) is 6.54 Å². The Morgan fingerprint density at radius 1 is 1.11 bits per heavy atom. The number of carbonyl (C=O) groups excluding carboxylic acids is 1. The van der Waals surface area contributed by atoms with Gasteiger partial charge in [-0.25, -0.2) is 8.42 Å². The van der Waals surface area contributed by atoms with Crippen LogP contribution in [0.25, 0.3) is 10.8 Å². The number of fused-ring (bicyclic) bond motifs is 2. The molecule has 0 aliphatic carbocycles. The van der Waals surface area contributed by atoms with Gasteiger partial charge in [-0.1, -0.05) is 42.5 Å². The average Bonchev–Trinajstić information content (AvgIpc) is 2.66. The van der Waals surface area contributed by atoms with Gasteiger partial charge in [0.2, 0.25) is 10.0 Å². The van der Waals surface area contributed by atoms with Crippen molar-refractivity contribution in [1.82, 2.24) is 0 Å². The highest BCUT2D eigenvalue weighted by Gasteiger charge is 2.35. The lowest BCUT2D eigenvalue weighted by Gasteiger charge is -2.34. The van der Waals surface area contributed by atoms with Crippen LogP contribution in [0.15, 0.2) is 60.7 Å². The van der Waals surface area contributed by atoms with E-state index in [1.807, 2.05) is 55.5 Å². The van der Waals surface area contributed by atoms with Gasteiger partial charge in [0.05, 0.1) is 18.5 Å². The van der Waals surface area contributed by atoms with E-state index in [0.29, 0.717) is 17.1 Å². The number of hydrogen-bond acceptors (Lipinski definition) is 4. The van der Waals surface area contributed by atoms with Crippen LogP contribution in [0.4, 0.5) is 11.4 Å². The largest absolute Gasteiger partial charge is 0.476 e. The maximum absolute atomic E-state index is 12.9. The van der Waals surface area contributed by atoms with E-state index >= 15 is 0 Å². The van der Waals surface area contributed by atoms with Gasteiger partial charge >= 0.3 is 0 Å². The summed E-state index contributed by atoms with van der Waals surface area (Å²) in [5.41, 5.74) is 2.03. The van der Waals surface area contributed by atoms with Crippen molar-refractivity contribution < 1.29 is 17.9 Å². The van der Waals surface area contributed by atoms with E-state index in [2.05, 4.69) is 5.32 Å². The molecule has 1 amide bonds. The molecule has 28 heavy (non-hydrogen) atoms. The van der Waals surface area contributed by atoms with Gasteiger partial charge in [0.15, 0.2) is 6.10 Å². The van der Waals surface area contributed by atoms with Crippen molar-refractivity contribution in [2.75, 3.05) is 22.4 Å². The molecule has 144 valence electrons. The number of rotatable bonds is 3. The summed E-state index contributed by atoms with van der Waals surface area (Å²) < 4.78 is 31.7. The second kappa shape index (κ2) is 6.83. The molecule has 4 rings (SSSR count). The molecule has 0 fully saturated rings. The lowest BCUT2D eigenvalue weighted by atomic mass is 10.1. The summed E-state index contributed by atoms with van der Waals surface area (Å²) in [5.74, 6) is -0.0171. The third-order valence-corrected chi connectivity index (χ3v) is 5.87. The second-order valence-corrected chi connectivity index (χ2v) is 8.79. The van der Waals surface area contributed by atoms with Crippen LogP contribution in [0.5, 0.6) is 5.75 Å². The predicted octanol–water partition coefficient (Wildman–Crippen LogP) is 3.31.